The van der Waals surface area contributed by atoms with Gasteiger partial charge in [0, 0.05) is 51.7 Å². The van der Waals surface area contributed by atoms with Crippen LogP contribution in [0.15, 0.2) is 60.7 Å². The van der Waals surface area contributed by atoms with Crippen molar-refractivity contribution in [2.75, 3.05) is 26.3 Å². The topological polar surface area (TPSA) is 71.1 Å². The van der Waals surface area contributed by atoms with E-state index in [1.165, 1.54) is 43.3 Å². The number of esters is 2. The van der Waals surface area contributed by atoms with Crippen LogP contribution in [0.2, 0.25) is 0 Å². The minimum Gasteiger partial charge on any atom is -0.459 e. The molecular weight excluding hydrogens is 506 g/mol. The molecule has 4 saturated heterocycles. The molecule has 7 nitrogen and oxygen atoms in total. The van der Waals surface area contributed by atoms with E-state index in [2.05, 4.69) is 0 Å². The monoisotopic (exact) mass is 548 g/mol. The molecule has 0 N–H and O–H groups in total. The van der Waals surface area contributed by atoms with Gasteiger partial charge in [-0.1, -0.05) is 60.7 Å². The van der Waals surface area contributed by atoms with E-state index >= 15 is 0 Å². The highest BCUT2D eigenvalue weighted by molar-refractivity contribution is 5.86. The van der Waals surface area contributed by atoms with Crippen LogP contribution in [0.5, 0.6) is 0 Å². The Kier molecular flexibility index (Phi) is 7.98. The van der Waals surface area contributed by atoms with Gasteiger partial charge in [-0.25, -0.2) is 4.79 Å². The first kappa shape index (κ1) is 27.4. The summed E-state index contributed by atoms with van der Waals surface area (Å²) >= 11 is 0. The number of carbonyl (C=O) groups excluding carboxylic acids is 2. The van der Waals surface area contributed by atoms with Gasteiger partial charge < -0.3 is 23.4 Å². The van der Waals surface area contributed by atoms with Crippen molar-refractivity contribution < 1.29 is 33.0 Å². The fourth-order valence-electron chi connectivity index (χ4n) is 7.94. The maximum atomic E-state index is 14.5. The molecule has 7 heteroatoms. The third kappa shape index (κ3) is 5.08. The summed E-state index contributed by atoms with van der Waals surface area (Å²) in [5.74, 6) is -0.992. The second kappa shape index (κ2) is 11.6. The highest BCUT2D eigenvalue weighted by Gasteiger charge is 2.57. The fourth-order valence-corrected chi connectivity index (χ4v) is 7.94. The van der Waals surface area contributed by atoms with E-state index in [9.17, 15) is 9.59 Å². The van der Waals surface area contributed by atoms with Gasteiger partial charge in [0.25, 0.3) is 0 Å². The van der Waals surface area contributed by atoms with Crippen LogP contribution in [-0.2, 0) is 34.1 Å². The number of hydrogen-bond donors (Lipinski definition) is 0. The van der Waals surface area contributed by atoms with Crippen molar-refractivity contribution in [1.29, 1.82) is 0 Å². The van der Waals surface area contributed by atoms with Gasteiger partial charge in [0.1, 0.15) is 6.10 Å². The predicted octanol–water partition coefficient (Wildman–Crippen LogP) is 5.11. The number of piperidine rings is 1. The van der Waals surface area contributed by atoms with Crippen molar-refractivity contribution in [3.63, 3.8) is 0 Å². The average Bonchev–Trinajstić information content (AvgIpc) is 3.53. The Labute approximate surface area is 237 Å². The molecule has 40 heavy (non-hydrogen) atoms. The van der Waals surface area contributed by atoms with E-state index in [1.54, 1.807) is 6.92 Å². The van der Waals surface area contributed by atoms with Crippen LogP contribution in [0.25, 0.3) is 0 Å². The molecule has 3 unspecified atom stereocenters. The number of carbonyl (C=O) groups is 2. The van der Waals surface area contributed by atoms with E-state index in [1.807, 2.05) is 60.7 Å². The Morgan fingerprint density at radius 3 is 1.95 bits per heavy atom. The molecule has 0 aliphatic carbocycles. The van der Waals surface area contributed by atoms with Crippen molar-refractivity contribution in [2.45, 2.75) is 88.4 Å². The smallest absolute Gasteiger partial charge is 0.348 e. The van der Waals surface area contributed by atoms with Gasteiger partial charge >= 0.3 is 11.9 Å². The summed E-state index contributed by atoms with van der Waals surface area (Å²) < 4.78 is 25.5. The van der Waals surface area contributed by atoms with Gasteiger partial charge in [0.2, 0.25) is 11.9 Å². The first-order valence-corrected chi connectivity index (χ1v) is 15.2. The second-order valence-corrected chi connectivity index (χ2v) is 12.1. The van der Waals surface area contributed by atoms with Crippen molar-refractivity contribution in [2.24, 2.45) is 5.92 Å². The molecule has 4 heterocycles. The summed E-state index contributed by atoms with van der Waals surface area (Å²) in [6, 6.07) is 20.1. The molecular formula is C33H42NO6+. The Bertz CT molecular complexity index is 1100. The highest BCUT2D eigenvalue weighted by Crippen LogP contribution is 2.47. The summed E-state index contributed by atoms with van der Waals surface area (Å²) in [5.41, 5.74) is -0.266. The lowest BCUT2D eigenvalue weighted by Gasteiger charge is -2.47. The maximum absolute atomic E-state index is 14.5. The third-order valence-electron chi connectivity index (χ3n) is 9.86. The first-order valence-electron chi connectivity index (χ1n) is 15.2. The van der Waals surface area contributed by atoms with Crippen LogP contribution in [0.1, 0.15) is 69.4 Å². The number of nitrogens with zero attached hydrogens (tertiary/aromatic N) is 1. The summed E-state index contributed by atoms with van der Waals surface area (Å²) in [4.78, 5) is 27.5. The lowest BCUT2D eigenvalue weighted by Crippen LogP contribution is -2.60. The van der Waals surface area contributed by atoms with Crippen LogP contribution in [0.4, 0.5) is 0 Å². The normalized spacial score (nSPS) is 26.9. The molecule has 2 aromatic rings. The lowest BCUT2D eigenvalue weighted by atomic mass is 9.85. The fraction of sp³-hybridized carbons (Fsp3) is 0.576. The van der Waals surface area contributed by atoms with Crippen molar-refractivity contribution in [1.82, 2.24) is 0 Å². The zero-order valence-corrected chi connectivity index (χ0v) is 23.5. The highest BCUT2D eigenvalue weighted by atomic mass is 16.7. The quantitative estimate of drug-likeness (QED) is 0.259. The lowest BCUT2D eigenvalue weighted by molar-refractivity contribution is -0.956. The predicted molar refractivity (Wildman–Crippen MR) is 149 cm³/mol. The SMILES string of the molecule is CC(OC(=O)C1CCOCC1)OC(C(=O)OC1CC2CCC(C1)[N+]21CCCC1)(c1ccccc1)c1ccccc1. The van der Waals surface area contributed by atoms with Gasteiger partial charge in [0.05, 0.1) is 31.1 Å². The molecule has 0 radical (unpaired) electrons. The summed E-state index contributed by atoms with van der Waals surface area (Å²) in [6.07, 6.45) is 6.98. The molecule has 4 aliphatic rings. The molecule has 0 aromatic heterocycles. The molecule has 3 atom stereocenters. The van der Waals surface area contributed by atoms with E-state index in [4.69, 9.17) is 18.9 Å². The van der Waals surface area contributed by atoms with Crippen LogP contribution < -0.4 is 0 Å². The van der Waals surface area contributed by atoms with Crippen molar-refractivity contribution >= 4 is 11.9 Å². The molecule has 2 bridgehead atoms. The Hall–Kier alpha value is -2.74. The Morgan fingerprint density at radius 1 is 0.850 bits per heavy atom. The molecule has 1 spiro atoms. The first-order chi connectivity index (χ1) is 19.5. The van der Waals surface area contributed by atoms with Crippen LogP contribution in [0, 0.1) is 5.92 Å². The Balaban J connectivity index is 1.28. The number of quaternary nitrogens is 1. The van der Waals surface area contributed by atoms with Crippen LogP contribution in [0.3, 0.4) is 0 Å². The van der Waals surface area contributed by atoms with Crippen molar-refractivity contribution in [3.8, 4) is 0 Å². The third-order valence-corrected chi connectivity index (χ3v) is 9.86. The van der Waals surface area contributed by atoms with E-state index in [-0.39, 0.29) is 18.0 Å². The van der Waals surface area contributed by atoms with Crippen LogP contribution in [-0.4, -0.2) is 67.2 Å². The molecule has 214 valence electrons. The average molecular weight is 549 g/mol. The summed E-state index contributed by atoms with van der Waals surface area (Å²) in [6.45, 7) is 5.32. The van der Waals surface area contributed by atoms with Gasteiger partial charge in [-0.05, 0) is 30.9 Å². The second-order valence-electron chi connectivity index (χ2n) is 12.1. The molecule has 0 saturated carbocycles. The zero-order chi connectivity index (χ0) is 27.6. The molecule has 0 amide bonds. The maximum Gasteiger partial charge on any atom is 0.348 e. The van der Waals surface area contributed by atoms with Crippen molar-refractivity contribution in [3.05, 3.63) is 71.8 Å². The molecule has 6 rings (SSSR count). The summed E-state index contributed by atoms with van der Waals surface area (Å²) in [5, 5.41) is 0. The van der Waals surface area contributed by atoms with Crippen LogP contribution >= 0.6 is 0 Å². The Morgan fingerprint density at radius 2 is 1.40 bits per heavy atom. The molecule has 4 fully saturated rings. The molecule has 2 aromatic carbocycles. The van der Waals surface area contributed by atoms with Gasteiger partial charge in [-0.2, -0.15) is 0 Å². The zero-order valence-electron chi connectivity index (χ0n) is 23.5. The number of ether oxygens (including phenoxy) is 4. The van der Waals surface area contributed by atoms with E-state index in [0.29, 0.717) is 49.3 Å². The van der Waals surface area contributed by atoms with Gasteiger partial charge in [-0.15, -0.1) is 0 Å². The minimum absolute atomic E-state index is 0.148. The minimum atomic E-state index is -1.58. The van der Waals surface area contributed by atoms with E-state index in [0.717, 1.165) is 12.8 Å². The standard InChI is InChI=1S/C33H42NO6/c1-24(38-31(35)25-16-20-37-21-17-25)40-33(26-10-4-2-5-11-26,27-12-6-3-7-13-27)32(36)39-30-22-28-14-15-29(23-30)34(28)18-8-9-19-34/h2-7,10-13,24-25,28-30H,8-9,14-23H2,1H3/q+1. The number of hydrogen-bond acceptors (Lipinski definition) is 6. The summed E-state index contributed by atoms with van der Waals surface area (Å²) in [7, 11) is 0. The number of rotatable bonds is 8. The number of benzene rings is 2. The van der Waals surface area contributed by atoms with Gasteiger partial charge in [0.15, 0.2) is 0 Å². The van der Waals surface area contributed by atoms with E-state index < -0.39 is 17.9 Å². The molecule has 4 aliphatic heterocycles. The largest absolute Gasteiger partial charge is 0.459 e. The van der Waals surface area contributed by atoms with Gasteiger partial charge in [-0.3, -0.25) is 4.79 Å².